The van der Waals surface area contributed by atoms with Crippen molar-refractivity contribution < 1.29 is 0 Å². The lowest BCUT2D eigenvalue weighted by molar-refractivity contribution is 1.09. The molecule has 0 aliphatic carbocycles. The molecule has 0 saturated heterocycles. The standard InChI is InChI=1S/C15H8N4O/c20-15-10-7-16-18-13(10)17-14-9-5-1-3-8-4-2-6-11(12(8)9)19(14)15/h1-7H,(H,16,18). The number of benzene rings is 2. The molecule has 0 bridgehead atoms. The third kappa shape index (κ3) is 0.980. The van der Waals surface area contributed by atoms with E-state index in [0.717, 1.165) is 21.7 Å². The maximum absolute atomic E-state index is 12.7. The average Bonchev–Trinajstić information content (AvgIpc) is 3.06. The Morgan fingerprint density at radius 1 is 1.05 bits per heavy atom. The highest BCUT2D eigenvalue weighted by atomic mass is 16.1. The second kappa shape index (κ2) is 3.14. The monoisotopic (exact) mass is 260 g/mol. The van der Waals surface area contributed by atoms with Gasteiger partial charge in [0.15, 0.2) is 11.3 Å². The summed E-state index contributed by atoms with van der Waals surface area (Å²) in [5.74, 6) is 0. The van der Waals surface area contributed by atoms with Crippen LogP contribution in [0.25, 0.3) is 38.4 Å². The molecule has 3 aromatic heterocycles. The van der Waals surface area contributed by atoms with Crippen LogP contribution in [0, 0.1) is 0 Å². The molecule has 0 spiro atoms. The first kappa shape index (κ1) is 9.91. The molecular weight excluding hydrogens is 252 g/mol. The van der Waals surface area contributed by atoms with Crippen molar-refractivity contribution in [2.75, 3.05) is 0 Å². The normalized spacial score (nSPS) is 12.2. The van der Waals surface area contributed by atoms with Crippen molar-refractivity contribution in [1.82, 2.24) is 19.6 Å². The van der Waals surface area contributed by atoms with E-state index in [-0.39, 0.29) is 5.56 Å². The van der Waals surface area contributed by atoms with Gasteiger partial charge in [-0.2, -0.15) is 5.10 Å². The minimum Gasteiger partial charge on any atom is -0.268 e. The van der Waals surface area contributed by atoms with Gasteiger partial charge in [-0.1, -0.05) is 30.3 Å². The van der Waals surface area contributed by atoms with Gasteiger partial charge in [0.25, 0.3) is 5.56 Å². The Labute approximate surface area is 111 Å². The van der Waals surface area contributed by atoms with Crippen molar-refractivity contribution in [3.8, 4) is 0 Å². The highest BCUT2D eigenvalue weighted by Gasteiger charge is 2.16. The SMILES string of the molecule is O=c1c2cn[nH]c2nc2c3cccc4cccc(c43)n12. The minimum atomic E-state index is -0.0811. The largest absolute Gasteiger partial charge is 0.269 e. The summed E-state index contributed by atoms with van der Waals surface area (Å²) in [4.78, 5) is 17.2. The number of hydrogen-bond acceptors (Lipinski definition) is 3. The van der Waals surface area contributed by atoms with Crippen molar-refractivity contribution >= 4 is 38.4 Å². The lowest BCUT2D eigenvalue weighted by Gasteiger charge is -1.96. The predicted molar refractivity (Wildman–Crippen MR) is 77.3 cm³/mol. The molecule has 0 radical (unpaired) electrons. The van der Waals surface area contributed by atoms with Crippen LogP contribution in [0.15, 0.2) is 47.4 Å². The summed E-state index contributed by atoms with van der Waals surface area (Å²) in [6.07, 6.45) is 1.53. The van der Waals surface area contributed by atoms with E-state index in [1.165, 1.54) is 6.20 Å². The van der Waals surface area contributed by atoms with Gasteiger partial charge in [0.2, 0.25) is 0 Å². The Bertz CT molecular complexity index is 1160. The zero-order valence-corrected chi connectivity index (χ0v) is 10.3. The molecule has 0 atom stereocenters. The summed E-state index contributed by atoms with van der Waals surface area (Å²) in [6, 6.07) is 12.0. The molecule has 3 heterocycles. The number of fused-ring (bicyclic) bond motifs is 4. The lowest BCUT2D eigenvalue weighted by Crippen LogP contribution is -2.12. The molecule has 5 heteroatoms. The molecule has 0 aliphatic heterocycles. The van der Waals surface area contributed by atoms with E-state index in [4.69, 9.17) is 0 Å². The predicted octanol–water partition coefficient (Wildman–Crippen LogP) is 2.32. The number of rotatable bonds is 0. The Balaban J connectivity index is 2.29. The fourth-order valence-electron chi connectivity index (χ4n) is 2.99. The Morgan fingerprint density at radius 3 is 2.80 bits per heavy atom. The zero-order valence-electron chi connectivity index (χ0n) is 10.3. The summed E-state index contributed by atoms with van der Waals surface area (Å²) >= 11 is 0. The van der Waals surface area contributed by atoms with Crippen molar-refractivity contribution in [3.05, 3.63) is 52.9 Å². The number of hydrogen-bond donors (Lipinski definition) is 1. The third-order valence-electron chi connectivity index (χ3n) is 3.85. The fourth-order valence-corrected chi connectivity index (χ4v) is 2.99. The molecule has 5 rings (SSSR count). The molecular formula is C15H8N4O. The first-order valence-electron chi connectivity index (χ1n) is 6.33. The van der Waals surface area contributed by atoms with Crippen molar-refractivity contribution in [3.63, 3.8) is 0 Å². The topological polar surface area (TPSA) is 63.0 Å². The van der Waals surface area contributed by atoms with Crippen LogP contribution in [0.2, 0.25) is 0 Å². The van der Waals surface area contributed by atoms with Gasteiger partial charge >= 0.3 is 0 Å². The van der Waals surface area contributed by atoms with E-state index in [9.17, 15) is 4.79 Å². The Hall–Kier alpha value is -2.95. The zero-order chi connectivity index (χ0) is 13.3. The summed E-state index contributed by atoms with van der Waals surface area (Å²) < 4.78 is 1.68. The highest BCUT2D eigenvalue weighted by Crippen LogP contribution is 2.30. The third-order valence-corrected chi connectivity index (χ3v) is 3.85. The minimum absolute atomic E-state index is 0.0811. The molecule has 20 heavy (non-hydrogen) atoms. The van der Waals surface area contributed by atoms with Crippen molar-refractivity contribution in [2.24, 2.45) is 0 Å². The van der Waals surface area contributed by atoms with Gasteiger partial charge < -0.3 is 0 Å². The molecule has 1 N–H and O–H groups in total. The van der Waals surface area contributed by atoms with Gasteiger partial charge in [0.1, 0.15) is 5.39 Å². The number of nitrogens with zero attached hydrogens (tertiary/aromatic N) is 3. The number of aromatic amines is 1. The van der Waals surface area contributed by atoms with Crippen LogP contribution in [0.5, 0.6) is 0 Å². The molecule has 0 fully saturated rings. The Kier molecular flexibility index (Phi) is 1.55. The second-order valence-corrected chi connectivity index (χ2v) is 4.89. The summed E-state index contributed by atoms with van der Waals surface area (Å²) in [5.41, 5.74) is 2.03. The first-order valence-corrected chi connectivity index (χ1v) is 6.33. The maximum Gasteiger partial charge on any atom is 0.269 e. The fraction of sp³-hybridized carbons (Fsp3) is 0. The molecule has 0 aliphatic rings. The molecule has 0 unspecified atom stereocenters. The van der Waals surface area contributed by atoms with Crippen LogP contribution >= 0.6 is 0 Å². The van der Waals surface area contributed by atoms with Crippen LogP contribution < -0.4 is 5.56 Å². The van der Waals surface area contributed by atoms with E-state index in [2.05, 4.69) is 15.2 Å². The number of aromatic nitrogens is 4. The van der Waals surface area contributed by atoms with Gasteiger partial charge in [-0.05, 0) is 11.5 Å². The summed E-state index contributed by atoms with van der Waals surface area (Å²) in [7, 11) is 0. The molecule has 2 aromatic carbocycles. The molecule has 5 nitrogen and oxygen atoms in total. The lowest BCUT2D eigenvalue weighted by atomic mass is 10.1. The van der Waals surface area contributed by atoms with Crippen LogP contribution in [0.3, 0.4) is 0 Å². The van der Waals surface area contributed by atoms with Gasteiger partial charge in [0, 0.05) is 10.8 Å². The van der Waals surface area contributed by atoms with Crippen LogP contribution in [-0.2, 0) is 0 Å². The smallest absolute Gasteiger partial charge is 0.268 e. The number of H-pyrrole nitrogens is 1. The summed E-state index contributed by atoms with van der Waals surface area (Å²) in [5, 5.41) is 10.4. The van der Waals surface area contributed by atoms with E-state index in [0.29, 0.717) is 16.7 Å². The van der Waals surface area contributed by atoms with E-state index >= 15 is 0 Å². The second-order valence-electron chi connectivity index (χ2n) is 4.89. The van der Waals surface area contributed by atoms with Gasteiger partial charge in [-0.15, -0.1) is 0 Å². The average molecular weight is 260 g/mol. The molecule has 94 valence electrons. The van der Waals surface area contributed by atoms with Gasteiger partial charge in [-0.25, -0.2) is 4.98 Å². The van der Waals surface area contributed by atoms with Crippen LogP contribution in [0.1, 0.15) is 0 Å². The van der Waals surface area contributed by atoms with Gasteiger partial charge in [-0.3, -0.25) is 14.3 Å². The number of nitrogens with one attached hydrogen (secondary N) is 1. The van der Waals surface area contributed by atoms with E-state index < -0.39 is 0 Å². The maximum atomic E-state index is 12.7. The van der Waals surface area contributed by atoms with Crippen molar-refractivity contribution in [2.45, 2.75) is 0 Å². The van der Waals surface area contributed by atoms with Gasteiger partial charge in [0.05, 0.1) is 11.7 Å². The van der Waals surface area contributed by atoms with E-state index in [1.807, 2.05) is 36.4 Å². The summed E-state index contributed by atoms with van der Waals surface area (Å²) in [6.45, 7) is 0. The molecule has 5 aromatic rings. The molecule has 0 amide bonds. The quantitative estimate of drug-likeness (QED) is 0.464. The van der Waals surface area contributed by atoms with Crippen LogP contribution in [-0.4, -0.2) is 19.6 Å². The van der Waals surface area contributed by atoms with Crippen LogP contribution in [0.4, 0.5) is 0 Å². The van der Waals surface area contributed by atoms with E-state index in [1.54, 1.807) is 4.40 Å². The highest BCUT2D eigenvalue weighted by molar-refractivity contribution is 6.16. The van der Waals surface area contributed by atoms with Crippen molar-refractivity contribution in [1.29, 1.82) is 0 Å². The Morgan fingerprint density at radius 2 is 1.90 bits per heavy atom. The first-order chi connectivity index (χ1) is 9.84. The molecule has 0 saturated carbocycles.